The van der Waals surface area contributed by atoms with Crippen molar-refractivity contribution < 1.29 is 9.53 Å². The largest absolute Gasteiger partial charge is 0.481 e. The topological polar surface area (TPSA) is 54.5 Å². The Hall–Kier alpha value is -2.40. The van der Waals surface area contributed by atoms with Crippen LogP contribution in [0, 0.1) is 19.8 Å². The summed E-state index contributed by atoms with van der Waals surface area (Å²) in [7, 11) is 1.63. The summed E-state index contributed by atoms with van der Waals surface area (Å²) in [4.78, 5) is 19.0. The first-order valence-corrected chi connectivity index (χ1v) is 10.6. The van der Waals surface area contributed by atoms with Crippen LogP contribution in [0.4, 0.5) is 0 Å². The summed E-state index contributed by atoms with van der Waals surface area (Å²) >= 11 is 0. The number of nitrogens with zero attached hydrogens (tertiary/aromatic N) is 2. The van der Waals surface area contributed by atoms with Crippen molar-refractivity contribution in [3.05, 3.63) is 58.8 Å². The number of pyridine rings is 1. The number of aromatic nitrogens is 1. The van der Waals surface area contributed by atoms with E-state index in [2.05, 4.69) is 53.3 Å². The Morgan fingerprint density at radius 1 is 1.21 bits per heavy atom. The van der Waals surface area contributed by atoms with E-state index in [9.17, 15) is 4.79 Å². The third-order valence-electron chi connectivity index (χ3n) is 5.83. The smallest absolute Gasteiger partial charge is 0.220 e. The van der Waals surface area contributed by atoms with Crippen molar-refractivity contribution in [2.24, 2.45) is 5.92 Å². The molecule has 1 N–H and O–H groups in total. The number of methoxy groups -OCH3 is 1. The molecule has 0 radical (unpaired) electrons. The van der Waals surface area contributed by atoms with Gasteiger partial charge in [0.1, 0.15) is 0 Å². The third kappa shape index (κ3) is 6.57. The zero-order valence-electron chi connectivity index (χ0n) is 17.9. The number of carbonyl (C=O) groups excluding carboxylic acids is 1. The van der Waals surface area contributed by atoms with Gasteiger partial charge in [-0.15, -0.1) is 0 Å². The molecule has 0 bridgehead atoms. The third-order valence-corrected chi connectivity index (χ3v) is 5.83. The highest BCUT2D eigenvalue weighted by molar-refractivity contribution is 5.76. The van der Waals surface area contributed by atoms with Crippen LogP contribution in [-0.4, -0.2) is 42.5 Å². The Kier molecular flexibility index (Phi) is 7.64. The fourth-order valence-electron chi connectivity index (χ4n) is 3.95. The Balaban J connectivity index is 1.34. The van der Waals surface area contributed by atoms with Crippen molar-refractivity contribution in [3.8, 4) is 5.88 Å². The molecule has 0 unspecified atom stereocenters. The van der Waals surface area contributed by atoms with Crippen molar-refractivity contribution >= 4 is 5.91 Å². The minimum absolute atomic E-state index is 0.164. The number of piperidine rings is 1. The predicted molar refractivity (Wildman–Crippen MR) is 116 cm³/mol. The summed E-state index contributed by atoms with van der Waals surface area (Å²) in [6, 6.07) is 10.4. The summed E-state index contributed by atoms with van der Waals surface area (Å²) in [5, 5.41) is 3.15. The standard InChI is InChI=1S/C24H33N3O2/c1-18-4-6-22(19(2)14-18)7-8-23(28)25-15-20-10-12-27(13-11-20)17-21-5-9-24(29-3)26-16-21/h4-6,9,14,16,20H,7-8,10-13,15,17H2,1-3H3,(H,25,28). The Labute approximate surface area is 174 Å². The predicted octanol–water partition coefficient (Wildman–Crippen LogP) is 3.67. The molecular weight excluding hydrogens is 362 g/mol. The van der Waals surface area contributed by atoms with Gasteiger partial charge in [0.2, 0.25) is 11.8 Å². The quantitative estimate of drug-likeness (QED) is 0.741. The highest BCUT2D eigenvalue weighted by Crippen LogP contribution is 2.19. The average Bonchev–Trinajstić information content (AvgIpc) is 2.73. The molecule has 1 aromatic heterocycles. The van der Waals surface area contributed by atoms with Gasteiger partial charge in [-0.05, 0) is 68.8 Å². The van der Waals surface area contributed by atoms with Crippen LogP contribution < -0.4 is 10.1 Å². The Morgan fingerprint density at radius 2 is 2.00 bits per heavy atom. The van der Waals surface area contributed by atoms with E-state index >= 15 is 0 Å². The van der Waals surface area contributed by atoms with Gasteiger partial charge in [-0.3, -0.25) is 9.69 Å². The second-order valence-corrected chi connectivity index (χ2v) is 8.16. The number of benzene rings is 1. The highest BCUT2D eigenvalue weighted by Gasteiger charge is 2.20. The first kappa shape index (κ1) is 21.3. The first-order valence-electron chi connectivity index (χ1n) is 10.6. The molecule has 1 fully saturated rings. The van der Waals surface area contributed by atoms with Gasteiger partial charge in [0.25, 0.3) is 0 Å². The molecule has 0 saturated carbocycles. The molecule has 2 aromatic rings. The molecule has 5 heteroatoms. The zero-order valence-corrected chi connectivity index (χ0v) is 17.9. The second-order valence-electron chi connectivity index (χ2n) is 8.16. The molecule has 1 aliphatic rings. The molecule has 156 valence electrons. The van der Waals surface area contributed by atoms with Crippen molar-refractivity contribution in [1.29, 1.82) is 0 Å². The van der Waals surface area contributed by atoms with Crippen molar-refractivity contribution in [3.63, 3.8) is 0 Å². The van der Waals surface area contributed by atoms with Crippen molar-refractivity contribution in [1.82, 2.24) is 15.2 Å². The minimum Gasteiger partial charge on any atom is -0.481 e. The molecule has 1 aromatic carbocycles. The minimum atomic E-state index is 0.164. The van der Waals surface area contributed by atoms with Gasteiger partial charge in [0, 0.05) is 31.8 Å². The van der Waals surface area contributed by atoms with Crippen LogP contribution in [0.2, 0.25) is 0 Å². The van der Waals surface area contributed by atoms with Crippen LogP contribution in [-0.2, 0) is 17.8 Å². The van der Waals surface area contributed by atoms with E-state index in [1.807, 2.05) is 12.3 Å². The number of aryl methyl sites for hydroxylation is 3. The molecular formula is C24H33N3O2. The summed E-state index contributed by atoms with van der Waals surface area (Å²) in [6.45, 7) is 8.07. The van der Waals surface area contributed by atoms with Crippen LogP contribution in [0.1, 0.15) is 41.5 Å². The van der Waals surface area contributed by atoms with Gasteiger partial charge < -0.3 is 10.1 Å². The SMILES string of the molecule is COc1ccc(CN2CCC(CNC(=O)CCc3ccc(C)cc3C)CC2)cn1. The molecule has 5 nitrogen and oxygen atoms in total. The van der Waals surface area contributed by atoms with Crippen LogP contribution in [0.25, 0.3) is 0 Å². The van der Waals surface area contributed by atoms with Crippen LogP contribution >= 0.6 is 0 Å². The average molecular weight is 396 g/mol. The van der Waals surface area contributed by atoms with Gasteiger partial charge in [-0.25, -0.2) is 4.98 Å². The molecule has 3 rings (SSSR count). The normalized spacial score (nSPS) is 15.3. The summed E-state index contributed by atoms with van der Waals surface area (Å²) in [6.07, 6.45) is 5.52. The number of likely N-dealkylation sites (tertiary alicyclic amines) is 1. The number of amides is 1. The second kappa shape index (κ2) is 10.4. The summed E-state index contributed by atoms with van der Waals surface area (Å²) < 4.78 is 5.11. The zero-order chi connectivity index (χ0) is 20.6. The van der Waals surface area contributed by atoms with E-state index in [4.69, 9.17) is 4.74 Å². The lowest BCUT2D eigenvalue weighted by Crippen LogP contribution is -2.38. The molecule has 1 saturated heterocycles. The van der Waals surface area contributed by atoms with Gasteiger partial charge in [-0.2, -0.15) is 0 Å². The van der Waals surface area contributed by atoms with Crippen molar-refractivity contribution in [2.75, 3.05) is 26.7 Å². The monoisotopic (exact) mass is 395 g/mol. The number of nitrogens with one attached hydrogen (secondary N) is 1. The number of hydrogen-bond acceptors (Lipinski definition) is 4. The molecule has 1 amide bonds. The number of ether oxygens (including phenoxy) is 1. The molecule has 29 heavy (non-hydrogen) atoms. The lowest BCUT2D eigenvalue weighted by Gasteiger charge is -2.32. The number of carbonyl (C=O) groups is 1. The molecule has 0 aliphatic carbocycles. The van der Waals surface area contributed by atoms with Crippen molar-refractivity contribution in [2.45, 2.75) is 46.1 Å². The Morgan fingerprint density at radius 3 is 2.66 bits per heavy atom. The van der Waals surface area contributed by atoms with Crippen LogP contribution in [0.5, 0.6) is 5.88 Å². The van der Waals surface area contributed by atoms with Gasteiger partial charge >= 0.3 is 0 Å². The van der Waals surface area contributed by atoms with E-state index in [1.165, 1.54) is 22.3 Å². The maximum atomic E-state index is 12.3. The lowest BCUT2D eigenvalue weighted by molar-refractivity contribution is -0.121. The summed E-state index contributed by atoms with van der Waals surface area (Å²) in [5.41, 5.74) is 5.03. The molecule has 0 atom stereocenters. The van der Waals surface area contributed by atoms with E-state index in [0.29, 0.717) is 18.2 Å². The Bertz CT molecular complexity index is 796. The van der Waals surface area contributed by atoms with E-state index in [-0.39, 0.29) is 5.91 Å². The lowest BCUT2D eigenvalue weighted by atomic mass is 9.96. The molecule has 2 heterocycles. The molecule has 0 spiro atoms. The maximum Gasteiger partial charge on any atom is 0.220 e. The first-order chi connectivity index (χ1) is 14.0. The highest BCUT2D eigenvalue weighted by atomic mass is 16.5. The van der Waals surface area contributed by atoms with Gasteiger partial charge in [0.05, 0.1) is 7.11 Å². The number of hydrogen-bond donors (Lipinski definition) is 1. The van der Waals surface area contributed by atoms with Gasteiger partial charge in [0.15, 0.2) is 0 Å². The van der Waals surface area contributed by atoms with E-state index < -0.39 is 0 Å². The maximum absolute atomic E-state index is 12.3. The van der Waals surface area contributed by atoms with Gasteiger partial charge in [-0.1, -0.05) is 29.8 Å². The van der Waals surface area contributed by atoms with E-state index in [1.54, 1.807) is 7.11 Å². The fourth-order valence-corrected chi connectivity index (χ4v) is 3.95. The fraction of sp³-hybridized carbons (Fsp3) is 0.500. The number of rotatable bonds is 8. The van der Waals surface area contributed by atoms with Crippen LogP contribution in [0.15, 0.2) is 36.5 Å². The van der Waals surface area contributed by atoms with Crippen LogP contribution in [0.3, 0.4) is 0 Å². The van der Waals surface area contributed by atoms with E-state index in [0.717, 1.165) is 45.4 Å². The molecule has 1 aliphatic heterocycles. The summed E-state index contributed by atoms with van der Waals surface area (Å²) in [5.74, 6) is 1.39.